The highest BCUT2D eigenvalue weighted by Gasteiger charge is 2.44. The number of fused-ring (bicyclic) bond motifs is 4. The van der Waals surface area contributed by atoms with E-state index in [1.54, 1.807) is 10.8 Å². The highest BCUT2D eigenvalue weighted by molar-refractivity contribution is 6.13. The second-order valence-corrected chi connectivity index (χ2v) is 7.92. The molecule has 0 radical (unpaired) electrons. The molecule has 1 aliphatic rings. The molecular formula is C23H20N4O5. The zero-order valence-electron chi connectivity index (χ0n) is 16.8. The molecule has 5 N–H and O–H groups in total. The molecule has 4 atom stereocenters. The van der Waals surface area contributed by atoms with Crippen LogP contribution in [0.5, 0.6) is 0 Å². The van der Waals surface area contributed by atoms with Crippen molar-refractivity contribution in [3.63, 3.8) is 0 Å². The summed E-state index contributed by atoms with van der Waals surface area (Å²) in [6, 6.07) is 13.7. The minimum atomic E-state index is -1.26. The molecule has 9 heteroatoms. The first-order chi connectivity index (χ1) is 15.6. The Bertz CT molecular complexity index is 1480. The molecule has 1 fully saturated rings. The Morgan fingerprint density at radius 1 is 0.969 bits per heavy atom. The lowest BCUT2D eigenvalue weighted by Gasteiger charge is -2.17. The number of nitrogens with zero attached hydrogens (tertiary/aromatic N) is 3. The van der Waals surface area contributed by atoms with Crippen molar-refractivity contribution in [1.82, 2.24) is 14.5 Å². The lowest BCUT2D eigenvalue weighted by Crippen LogP contribution is -2.33. The smallest absolute Gasteiger partial charge is 0.164 e. The molecule has 0 unspecified atom stereocenters. The van der Waals surface area contributed by atoms with Crippen LogP contribution in [-0.2, 0) is 4.74 Å². The van der Waals surface area contributed by atoms with Crippen LogP contribution in [0.4, 0.5) is 5.82 Å². The van der Waals surface area contributed by atoms with E-state index in [-0.39, 0.29) is 5.82 Å². The molecule has 1 saturated heterocycles. The van der Waals surface area contributed by atoms with E-state index in [9.17, 15) is 15.3 Å². The molecule has 32 heavy (non-hydrogen) atoms. The van der Waals surface area contributed by atoms with E-state index in [2.05, 4.69) is 9.97 Å². The summed E-state index contributed by atoms with van der Waals surface area (Å²) >= 11 is 0. The molecule has 1 aliphatic heterocycles. The van der Waals surface area contributed by atoms with Gasteiger partial charge < -0.3 is 34.8 Å². The molecule has 9 nitrogen and oxygen atoms in total. The van der Waals surface area contributed by atoms with Gasteiger partial charge >= 0.3 is 0 Å². The summed E-state index contributed by atoms with van der Waals surface area (Å²) in [5.74, 6) is 0.267. The van der Waals surface area contributed by atoms with Crippen molar-refractivity contribution >= 4 is 38.8 Å². The largest absolute Gasteiger partial charge is 0.455 e. The summed E-state index contributed by atoms with van der Waals surface area (Å²) in [4.78, 5) is 8.52. The number of ether oxygens (including phenoxy) is 1. The van der Waals surface area contributed by atoms with Crippen molar-refractivity contribution in [3.05, 3.63) is 55.0 Å². The van der Waals surface area contributed by atoms with E-state index < -0.39 is 31.1 Å². The number of nitrogens with two attached hydrogens (primary N) is 1. The normalized spacial score (nSPS) is 23.6. The van der Waals surface area contributed by atoms with Gasteiger partial charge in [0.2, 0.25) is 0 Å². The Morgan fingerprint density at radius 2 is 1.78 bits per heavy atom. The second kappa shape index (κ2) is 7.01. The number of para-hydroxylation sites is 2. The van der Waals surface area contributed by atoms with E-state index in [0.29, 0.717) is 22.2 Å². The average molecular weight is 432 g/mol. The van der Waals surface area contributed by atoms with E-state index >= 15 is 0 Å². The second-order valence-electron chi connectivity index (χ2n) is 7.92. The first-order valence-corrected chi connectivity index (χ1v) is 10.2. The van der Waals surface area contributed by atoms with Crippen molar-refractivity contribution < 1.29 is 24.5 Å². The number of hydrogen-bond donors (Lipinski definition) is 4. The number of hydrogen-bond acceptors (Lipinski definition) is 8. The van der Waals surface area contributed by atoms with E-state index in [1.165, 1.54) is 6.33 Å². The first-order valence-electron chi connectivity index (χ1n) is 10.2. The Morgan fingerprint density at radius 3 is 2.59 bits per heavy atom. The van der Waals surface area contributed by atoms with Crippen LogP contribution >= 0.6 is 0 Å². The van der Waals surface area contributed by atoms with Crippen LogP contribution in [0.2, 0.25) is 0 Å². The fourth-order valence-corrected chi connectivity index (χ4v) is 4.58. The topological polar surface area (TPSA) is 140 Å². The number of aliphatic hydroxyl groups is 3. The zero-order valence-corrected chi connectivity index (χ0v) is 16.8. The molecule has 0 aliphatic carbocycles. The van der Waals surface area contributed by atoms with E-state index in [1.807, 2.05) is 42.5 Å². The summed E-state index contributed by atoms with van der Waals surface area (Å²) < 4.78 is 13.6. The summed E-state index contributed by atoms with van der Waals surface area (Å²) in [5, 5.41) is 32.9. The van der Waals surface area contributed by atoms with Crippen molar-refractivity contribution in [2.45, 2.75) is 24.5 Å². The van der Waals surface area contributed by atoms with Crippen LogP contribution in [0, 0.1) is 0 Å². The maximum atomic E-state index is 10.6. The van der Waals surface area contributed by atoms with Crippen molar-refractivity contribution in [1.29, 1.82) is 0 Å². The monoisotopic (exact) mass is 432 g/mol. The highest BCUT2D eigenvalue weighted by Crippen LogP contribution is 2.42. The molecule has 5 aromatic rings. The van der Waals surface area contributed by atoms with Crippen LogP contribution in [0.1, 0.15) is 6.23 Å². The molecule has 0 bridgehead atoms. The van der Waals surface area contributed by atoms with Gasteiger partial charge in [0.1, 0.15) is 47.3 Å². The van der Waals surface area contributed by atoms with Gasteiger partial charge in [-0.15, -0.1) is 0 Å². The third kappa shape index (κ3) is 2.59. The van der Waals surface area contributed by atoms with Gasteiger partial charge in [-0.25, -0.2) is 9.97 Å². The molecule has 4 heterocycles. The first kappa shape index (κ1) is 19.2. The van der Waals surface area contributed by atoms with Gasteiger partial charge in [-0.05, 0) is 6.07 Å². The summed E-state index contributed by atoms with van der Waals surface area (Å²) in [5.41, 5.74) is 9.65. The minimum Gasteiger partial charge on any atom is -0.455 e. The SMILES string of the molecule is Nc1ncnc2c1c(-c1cccc3c1oc1ccccc13)cn2[C@@H]1O[C@H](CO)[C@@H](O)[C@H]1O. The Hall–Kier alpha value is -3.50. The van der Waals surface area contributed by atoms with Crippen LogP contribution in [-0.4, -0.2) is 54.8 Å². The lowest BCUT2D eigenvalue weighted by atomic mass is 10.0. The number of furan rings is 1. The van der Waals surface area contributed by atoms with Crippen LogP contribution < -0.4 is 5.73 Å². The quantitative estimate of drug-likeness (QED) is 0.340. The molecule has 0 spiro atoms. The van der Waals surface area contributed by atoms with Gasteiger partial charge in [0, 0.05) is 28.1 Å². The van der Waals surface area contributed by atoms with Crippen molar-refractivity contribution in [3.8, 4) is 11.1 Å². The zero-order chi connectivity index (χ0) is 22.0. The summed E-state index contributed by atoms with van der Waals surface area (Å²) in [6.07, 6.45) is -1.26. The summed E-state index contributed by atoms with van der Waals surface area (Å²) in [7, 11) is 0. The van der Waals surface area contributed by atoms with Crippen LogP contribution in [0.25, 0.3) is 44.1 Å². The number of rotatable bonds is 3. The number of nitrogen functional groups attached to an aromatic ring is 1. The number of aliphatic hydroxyl groups excluding tert-OH is 3. The van der Waals surface area contributed by atoms with Gasteiger partial charge in [0.15, 0.2) is 6.23 Å². The van der Waals surface area contributed by atoms with Gasteiger partial charge in [-0.2, -0.15) is 0 Å². The molecule has 3 aromatic heterocycles. The van der Waals surface area contributed by atoms with E-state index in [0.717, 1.165) is 21.9 Å². The maximum Gasteiger partial charge on any atom is 0.164 e. The fourth-order valence-electron chi connectivity index (χ4n) is 4.58. The number of benzene rings is 2. The van der Waals surface area contributed by atoms with Gasteiger partial charge in [-0.3, -0.25) is 0 Å². The van der Waals surface area contributed by atoms with Crippen LogP contribution in [0.15, 0.2) is 59.4 Å². The maximum absolute atomic E-state index is 10.6. The molecule has 0 saturated carbocycles. The highest BCUT2D eigenvalue weighted by atomic mass is 16.6. The van der Waals surface area contributed by atoms with Crippen molar-refractivity contribution in [2.75, 3.05) is 12.3 Å². The predicted octanol–water partition coefficient (Wildman–Crippen LogP) is 2.19. The van der Waals surface area contributed by atoms with Gasteiger partial charge in [0.25, 0.3) is 0 Å². The predicted molar refractivity (Wildman–Crippen MR) is 118 cm³/mol. The average Bonchev–Trinajstić information content (AvgIpc) is 3.46. The van der Waals surface area contributed by atoms with E-state index in [4.69, 9.17) is 14.9 Å². The lowest BCUT2D eigenvalue weighted by molar-refractivity contribution is -0.0508. The number of aromatic nitrogens is 3. The molecule has 162 valence electrons. The molecular weight excluding hydrogens is 412 g/mol. The number of anilines is 1. The molecule has 2 aromatic carbocycles. The fraction of sp³-hybridized carbons (Fsp3) is 0.217. The van der Waals surface area contributed by atoms with Crippen LogP contribution in [0.3, 0.4) is 0 Å². The van der Waals surface area contributed by atoms with Gasteiger partial charge in [-0.1, -0.05) is 36.4 Å². The standard InChI is InChI=1S/C23H20N4O5/c24-21-17-14(13-6-3-5-12-11-4-1-2-7-15(11)31-20(12)13)8-27(22(17)26-10-25-21)23-19(30)18(29)16(9-28)32-23/h1-8,10,16,18-19,23,28-30H,9H2,(H2,24,25,26)/t16-,18-,19-,23-/m1/s1. The Balaban J connectivity index is 1.62. The molecule has 6 rings (SSSR count). The minimum absolute atomic E-state index is 0.267. The molecule has 0 amide bonds. The Labute approximate surface area is 181 Å². The van der Waals surface area contributed by atoms with Crippen molar-refractivity contribution in [2.24, 2.45) is 0 Å². The van der Waals surface area contributed by atoms with Gasteiger partial charge in [0.05, 0.1) is 12.0 Å². The Kier molecular flexibility index (Phi) is 4.21. The third-order valence-corrected chi connectivity index (χ3v) is 6.12. The summed E-state index contributed by atoms with van der Waals surface area (Å²) in [6.45, 7) is -0.420. The third-order valence-electron chi connectivity index (χ3n) is 6.12.